The first-order chi connectivity index (χ1) is 12.5. The van der Waals surface area contributed by atoms with Crippen LogP contribution in [0.5, 0.6) is 0 Å². The maximum Gasteiger partial charge on any atom is 0.257 e. The van der Waals surface area contributed by atoms with Crippen LogP contribution in [0.1, 0.15) is 20.7 Å². The minimum absolute atomic E-state index is 0.117. The Hall–Kier alpha value is -2.04. The molecule has 0 aromatic heterocycles. The molecule has 0 spiro atoms. The van der Waals surface area contributed by atoms with E-state index in [9.17, 15) is 9.59 Å². The van der Waals surface area contributed by atoms with E-state index in [4.69, 9.17) is 17.0 Å². The Balaban J connectivity index is 2.02. The number of benzene rings is 2. The van der Waals surface area contributed by atoms with Crippen LogP contribution >= 0.6 is 34.8 Å². The molecule has 2 amide bonds. The van der Waals surface area contributed by atoms with E-state index in [1.807, 2.05) is 6.07 Å². The second-order valence-corrected chi connectivity index (χ2v) is 6.87. The van der Waals surface area contributed by atoms with Crippen LogP contribution in [0.3, 0.4) is 0 Å². The van der Waals surface area contributed by atoms with Crippen molar-refractivity contribution in [2.75, 3.05) is 25.6 Å². The fraction of sp³-hybridized carbons (Fsp3) is 0.167. The predicted octanol–water partition coefficient (Wildman–Crippen LogP) is 2.79. The summed E-state index contributed by atoms with van der Waals surface area (Å²) in [5, 5.41) is 8.39. The summed E-state index contributed by atoms with van der Waals surface area (Å²) in [4.78, 5) is 24.5. The number of ether oxygens (including phenoxy) is 1. The summed E-state index contributed by atoms with van der Waals surface area (Å²) in [7, 11) is 1.57. The van der Waals surface area contributed by atoms with Crippen molar-refractivity contribution in [3.05, 3.63) is 63.2 Å². The topological polar surface area (TPSA) is 79.5 Å². The Morgan fingerprint density at radius 3 is 2.62 bits per heavy atom. The highest BCUT2D eigenvalue weighted by Gasteiger charge is 2.13. The molecule has 2 rings (SSSR count). The summed E-state index contributed by atoms with van der Waals surface area (Å²) in [6, 6.07) is 14.1. The number of thiocarbonyl (C=S) groups is 1. The van der Waals surface area contributed by atoms with Crippen LogP contribution in [-0.2, 0) is 4.74 Å². The van der Waals surface area contributed by atoms with Gasteiger partial charge in [-0.25, -0.2) is 0 Å². The zero-order chi connectivity index (χ0) is 18.9. The van der Waals surface area contributed by atoms with Gasteiger partial charge in [-0.15, -0.1) is 0 Å². The number of carbonyl (C=O) groups excluding carboxylic acids is 2. The van der Waals surface area contributed by atoms with E-state index in [-0.39, 0.29) is 16.9 Å². The molecule has 0 heterocycles. The van der Waals surface area contributed by atoms with Crippen molar-refractivity contribution in [1.82, 2.24) is 10.6 Å². The second-order valence-electron chi connectivity index (χ2n) is 5.21. The van der Waals surface area contributed by atoms with Gasteiger partial charge in [0.05, 0.1) is 17.9 Å². The van der Waals surface area contributed by atoms with Crippen molar-refractivity contribution in [1.29, 1.82) is 0 Å². The number of amides is 2. The Morgan fingerprint density at radius 2 is 1.88 bits per heavy atom. The van der Waals surface area contributed by atoms with Gasteiger partial charge in [0.1, 0.15) is 0 Å². The molecular weight excluding hydrogens is 465 g/mol. The van der Waals surface area contributed by atoms with E-state index < -0.39 is 0 Å². The molecule has 0 saturated heterocycles. The molecule has 2 aromatic carbocycles. The highest BCUT2D eigenvalue weighted by molar-refractivity contribution is 14.1. The summed E-state index contributed by atoms with van der Waals surface area (Å²) < 4.78 is 5.87. The van der Waals surface area contributed by atoms with Crippen molar-refractivity contribution in [2.24, 2.45) is 0 Å². The number of anilines is 1. The molecule has 0 bridgehead atoms. The molecule has 3 N–H and O–H groups in total. The summed E-state index contributed by atoms with van der Waals surface area (Å²) in [5.41, 5.74) is 1.44. The second kappa shape index (κ2) is 10.2. The van der Waals surface area contributed by atoms with E-state index in [0.717, 1.165) is 3.57 Å². The van der Waals surface area contributed by atoms with Crippen LogP contribution in [0.15, 0.2) is 48.5 Å². The Bertz CT molecular complexity index is 814. The molecule has 0 aliphatic heterocycles. The van der Waals surface area contributed by atoms with Gasteiger partial charge in [0, 0.05) is 22.8 Å². The fourth-order valence-corrected chi connectivity index (χ4v) is 2.86. The van der Waals surface area contributed by atoms with Crippen molar-refractivity contribution in [3.63, 3.8) is 0 Å². The molecule has 0 aliphatic carbocycles. The smallest absolute Gasteiger partial charge is 0.257 e. The molecule has 0 atom stereocenters. The molecule has 136 valence electrons. The van der Waals surface area contributed by atoms with E-state index >= 15 is 0 Å². The highest BCUT2D eigenvalue weighted by Crippen LogP contribution is 2.15. The van der Waals surface area contributed by atoms with Crippen LogP contribution in [0, 0.1) is 3.57 Å². The molecule has 8 heteroatoms. The van der Waals surface area contributed by atoms with Crippen molar-refractivity contribution in [2.45, 2.75) is 0 Å². The van der Waals surface area contributed by atoms with Crippen LogP contribution in [0.4, 0.5) is 5.69 Å². The van der Waals surface area contributed by atoms with E-state index in [1.54, 1.807) is 49.6 Å². The average Bonchev–Trinajstić information content (AvgIpc) is 2.62. The van der Waals surface area contributed by atoms with Gasteiger partial charge < -0.3 is 15.4 Å². The number of rotatable bonds is 6. The average molecular weight is 483 g/mol. The molecule has 0 unspecified atom stereocenters. The summed E-state index contributed by atoms with van der Waals surface area (Å²) >= 11 is 7.34. The molecule has 0 aliphatic rings. The summed E-state index contributed by atoms with van der Waals surface area (Å²) in [6.07, 6.45) is 0. The van der Waals surface area contributed by atoms with Gasteiger partial charge >= 0.3 is 0 Å². The zero-order valence-corrected chi connectivity index (χ0v) is 17.0. The van der Waals surface area contributed by atoms with E-state index in [0.29, 0.717) is 30.0 Å². The largest absolute Gasteiger partial charge is 0.383 e. The number of para-hydroxylation sites is 1. The maximum absolute atomic E-state index is 12.3. The van der Waals surface area contributed by atoms with Gasteiger partial charge in [0.25, 0.3) is 11.8 Å². The highest BCUT2D eigenvalue weighted by atomic mass is 127. The Morgan fingerprint density at radius 1 is 1.12 bits per heavy atom. The minimum atomic E-state index is -0.317. The third-order valence-electron chi connectivity index (χ3n) is 3.33. The SMILES string of the molecule is COCCNC(=O)c1ccccc1NC(=S)NC(=O)c1cccc(I)c1. The van der Waals surface area contributed by atoms with Crippen molar-refractivity contribution >= 4 is 57.4 Å². The number of carbonyl (C=O) groups is 2. The molecule has 2 aromatic rings. The van der Waals surface area contributed by atoms with E-state index in [2.05, 4.69) is 38.5 Å². The fourth-order valence-electron chi connectivity index (χ4n) is 2.11. The lowest BCUT2D eigenvalue weighted by Crippen LogP contribution is -2.35. The van der Waals surface area contributed by atoms with Gasteiger partial charge in [-0.1, -0.05) is 18.2 Å². The minimum Gasteiger partial charge on any atom is -0.383 e. The summed E-state index contributed by atoms with van der Waals surface area (Å²) in [6.45, 7) is 0.823. The first-order valence-electron chi connectivity index (χ1n) is 7.75. The Kier molecular flexibility index (Phi) is 7.95. The molecular formula is C18H18IN3O3S. The zero-order valence-electron chi connectivity index (χ0n) is 14.0. The van der Waals surface area contributed by atoms with Crippen LogP contribution < -0.4 is 16.0 Å². The quantitative estimate of drug-likeness (QED) is 0.335. The number of nitrogens with one attached hydrogen (secondary N) is 3. The number of methoxy groups -OCH3 is 1. The lowest BCUT2D eigenvalue weighted by Gasteiger charge is -2.13. The monoisotopic (exact) mass is 483 g/mol. The van der Waals surface area contributed by atoms with Crippen LogP contribution in [-0.4, -0.2) is 37.2 Å². The lowest BCUT2D eigenvalue weighted by atomic mass is 10.1. The van der Waals surface area contributed by atoms with Crippen LogP contribution in [0.2, 0.25) is 0 Å². The standard InChI is InChI=1S/C18H18IN3O3S/c1-25-10-9-20-17(24)14-7-2-3-8-15(14)21-18(26)22-16(23)12-5-4-6-13(19)11-12/h2-8,11H,9-10H2,1H3,(H,20,24)(H2,21,22,23,26). The Labute approximate surface area is 170 Å². The number of hydrogen-bond donors (Lipinski definition) is 3. The molecule has 0 fully saturated rings. The number of hydrogen-bond acceptors (Lipinski definition) is 4. The normalized spacial score (nSPS) is 10.1. The van der Waals surface area contributed by atoms with Crippen LogP contribution in [0.25, 0.3) is 0 Å². The van der Waals surface area contributed by atoms with Gasteiger partial charge in [-0.2, -0.15) is 0 Å². The number of halogens is 1. The van der Waals surface area contributed by atoms with E-state index in [1.165, 1.54) is 0 Å². The van der Waals surface area contributed by atoms with Crippen molar-refractivity contribution in [3.8, 4) is 0 Å². The maximum atomic E-state index is 12.3. The van der Waals surface area contributed by atoms with Crippen molar-refractivity contribution < 1.29 is 14.3 Å². The molecule has 0 radical (unpaired) electrons. The molecule has 26 heavy (non-hydrogen) atoms. The summed E-state index contributed by atoms with van der Waals surface area (Å²) in [5.74, 6) is -0.570. The van der Waals surface area contributed by atoms with Gasteiger partial charge in [0.15, 0.2) is 5.11 Å². The lowest BCUT2D eigenvalue weighted by molar-refractivity contribution is 0.0937. The van der Waals surface area contributed by atoms with Gasteiger partial charge in [-0.05, 0) is 65.1 Å². The molecule has 0 saturated carbocycles. The van der Waals surface area contributed by atoms with Gasteiger partial charge in [0.2, 0.25) is 0 Å². The first kappa shape index (κ1) is 20.3. The van der Waals surface area contributed by atoms with Gasteiger partial charge in [-0.3, -0.25) is 14.9 Å². The predicted molar refractivity (Wildman–Crippen MR) is 113 cm³/mol. The third kappa shape index (κ3) is 6.04. The molecule has 6 nitrogen and oxygen atoms in total. The first-order valence-corrected chi connectivity index (χ1v) is 9.24. The third-order valence-corrected chi connectivity index (χ3v) is 4.20.